The number of likely N-dealkylation sites (tertiary alicyclic amines) is 1. The van der Waals surface area contributed by atoms with Gasteiger partial charge in [-0.25, -0.2) is 0 Å². The first-order valence-electron chi connectivity index (χ1n) is 6.41. The summed E-state index contributed by atoms with van der Waals surface area (Å²) >= 11 is 0. The van der Waals surface area contributed by atoms with E-state index in [0.717, 1.165) is 45.2 Å². The van der Waals surface area contributed by atoms with Crippen molar-refractivity contribution in [2.45, 2.75) is 57.2 Å². The van der Waals surface area contributed by atoms with Crippen LogP contribution in [0.15, 0.2) is 0 Å². The fraction of sp³-hybridized carbons (Fsp3) is 0.917. The van der Waals surface area contributed by atoms with E-state index in [4.69, 9.17) is 0 Å². The SMILES string of the molecule is CC(NC1CCCC1O)C(=O)N1CCCC1. The Kier molecular flexibility index (Phi) is 3.82. The Balaban J connectivity index is 1.82. The Morgan fingerprint density at radius 3 is 2.56 bits per heavy atom. The molecule has 0 bridgehead atoms. The van der Waals surface area contributed by atoms with E-state index in [0.29, 0.717) is 0 Å². The quantitative estimate of drug-likeness (QED) is 0.737. The van der Waals surface area contributed by atoms with Gasteiger partial charge in [0.15, 0.2) is 0 Å². The Morgan fingerprint density at radius 2 is 2.00 bits per heavy atom. The predicted octanol–water partition coefficient (Wildman–Crippen LogP) is 0.500. The van der Waals surface area contributed by atoms with Crippen molar-refractivity contribution in [1.82, 2.24) is 10.2 Å². The summed E-state index contributed by atoms with van der Waals surface area (Å²) in [4.78, 5) is 14.0. The number of hydrogen-bond acceptors (Lipinski definition) is 3. The van der Waals surface area contributed by atoms with Crippen molar-refractivity contribution in [2.75, 3.05) is 13.1 Å². The highest BCUT2D eigenvalue weighted by Gasteiger charge is 2.30. The summed E-state index contributed by atoms with van der Waals surface area (Å²) in [6.07, 6.45) is 4.90. The zero-order valence-electron chi connectivity index (χ0n) is 9.98. The van der Waals surface area contributed by atoms with Gasteiger partial charge in [0.1, 0.15) is 0 Å². The lowest BCUT2D eigenvalue weighted by atomic mass is 10.1. The van der Waals surface area contributed by atoms with Gasteiger partial charge < -0.3 is 15.3 Å². The van der Waals surface area contributed by atoms with Crippen LogP contribution in [0.1, 0.15) is 39.0 Å². The molecule has 3 atom stereocenters. The summed E-state index contributed by atoms with van der Waals surface area (Å²) < 4.78 is 0. The van der Waals surface area contributed by atoms with Gasteiger partial charge >= 0.3 is 0 Å². The Hall–Kier alpha value is -0.610. The molecule has 2 rings (SSSR count). The van der Waals surface area contributed by atoms with Gasteiger partial charge in [0.25, 0.3) is 0 Å². The molecule has 1 aliphatic heterocycles. The maximum atomic E-state index is 12.0. The molecule has 0 radical (unpaired) electrons. The topological polar surface area (TPSA) is 52.6 Å². The molecule has 4 heteroatoms. The lowest BCUT2D eigenvalue weighted by Crippen LogP contribution is -2.49. The number of rotatable bonds is 3. The molecular formula is C12H22N2O2. The first-order valence-corrected chi connectivity index (χ1v) is 6.41. The minimum absolute atomic E-state index is 0.113. The van der Waals surface area contributed by atoms with E-state index in [-0.39, 0.29) is 24.1 Å². The number of aliphatic hydroxyl groups excluding tert-OH is 1. The van der Waals surface area contributed by atoms with Gasteiger partial charge in [-0.05, 0) is 39.0 Å². The molecule has 0 aromatic heterocycles. The Labute approximate surface area is 97.0 Å². The van der Waals surface area contributed by atoms with Crippen molar-refractivity contribution in [3.8, 4) is 0 Å². The van der Waals surface area contributed by atoms with Crippen LogP contribution in [0.3, 0.4) is 0 Å². The molecule has 1 amide bonds. The van der Waals surface area contributed by atoms with Crippen LogP contribution in [0.5, 0.6) is 0 Å². The first kappa shape index (κ1) is 11.9. The van der Waals surface area contributed by atoms with Crippen LogP contribution in [0.2, 0.25) is 0 Å². The molecule has 0 aromatic carbocycles. The minimum atomic E-state index is -0.270. The maximum Gasteiger partial charge on any atom is 0.239 e. The molecule has 0 spiro atoms. The van der Waals surface area contributed by atoms with E-state index in [1.165, 1.54) is 0 Å². The Morgan fingerprint density at radius 1 is 1.31 bits per heavy atom. The highest BCUT2D eigenvalue weighted by molar-refractivity contribution is 5.81. The number of nitrogens with zero attached hydrogens (tertiary/aromatic N) is 1. The highest BCUT2D eigenvalue weighted by Crippen LogP contribution is 2.19. The smallest absolute Gasteiger partial charge is 0.239 e. The third kappa shape index (κ3) is 2.55. The van der Waals surface area contributed by atoms with Crippen molar-refractivity contribution in [3.63, 3.8) is 0 Å². The molecule has 1 aliphatic carbocycles. The molecule has 92 valence electrons. The van der Waals surface area contributed by atoms with Gasteiger partial charge in [-0.15, -0.1) is 0 Å². The zero-order valence-corrected chi connectivity index (χ0v) is 9.98. The molecule has 2 aliphatic rings. The second kappa shape index (κ2) is 5.15. The number of nitrogens with one attached hydrogen (secondary N) is 1. The van der Waals surface area contributed by atoms with Gasteiger partial charge in [-0.1, -0.05) is 0 Å². The molecule has 1 saturated heterocycles. The van der Waals surface area contributed by atoms with Crippen LogP contribution >= 0.6 is 0 Å². The fourth-order valence-corrected chi connectivity index (χ4v) is 2.74. The van der Waals surface area contributed by atoms with Crippen LogP contribution < -0.4 is 5.32 Å². The van der Waals surface area contributed by atoms with E-state index in [2.05, 4.69) is 5.32 Å². The summed E-state index contributed by atoms with van der Waals surface area (Å²) in [6, 6.07) is -0.0441. The summed E-state index contributed by atoms with van der Waals surface area (Å²) in [6.45, 7) is 3.71. The molecule has 2 N–H and O–H groups in total. The van der Waals surface area contributed by atoms with E-state index in [1.54, 1.807) is 0 Å². The van der Waals surface area contributed by atoms with E-state index in [1.807, 2.05) is 11.8 Å². The molecule has 2 fully saturated rings. The normalized spacial score (nSPS) is 32.0. The lowest BCUT2D eigenvalue weighted by Gasteiger charge is -2.25. The minimum Gasteiger partial charge on any atom is -0.392 e. The molecule has 0 aromatic rings. The number of carbonyl (C=O) groups excluding carboxylic acids is 1. The molecule has 1 heterocycles. The van der Waals surface area contributed by atoms with Crippen molar-refractivity contribution in [1.29, 1.82) is 0 Å². The summed E-state index contributed by atoms with van der Waals surface area (Å²) in [5, 5.41) is 13.0. The number of amides is 1. The van der Waals surface area contributed by atoms with Gasteiger partial charge in [0.05, 0.1) is 12.1 Å². The van der Waals surface area contributed by atoms with Gasteiger partial charge in [0, 0.05) is 19.1 Å². The highest BCUT2D eigenvalue weighted by atomic mass is 16.3. The van der Waals surface area contributed by atoms with Crippen molar-refractivity contribution in [3.05, 3.63) is 0 Å². The van der Waals surface area contributed by atoms with Crippen LogP contribution in [-0.2, 0) is 4.79 Å². The fourth-order valence-electron chi connectivity index (χ4n) is 2.74. The third-order valence-electron chi connectivity index (χ3n) is 3.73. The summed E-state index contributed by atoms with van der Waals surface area (Å²) in [7, 11) is 0. The van der Waals surface area contributed by atoms with Crippen LogP contribution in [0.4, 0.5) is 0 Å². The van der Waals surface area contributed by atoms with Crippen molar-refractivity contribution < 1.29 is 9.90 Å². The summed E-state index contributed by atoms with van der Waals surface area (Å²) in [5.41, 5.74) is 0. The van der Waals surface area contributed by atoms with Gasteiger partial charge in [-0.3, -0.25) is 4.79 Å². The molecule has 4 nitrogen and oxygen atoms in total. The average Bonchev–Trinajstić information content (AvgIpc) is 2.89. The van der Waals surface area contributed by atoms with Crippen molar-refractivity contribution >= 4 is 5.91 Å². The maximum absolute atomic E-state index is 12.0. The number of aliphatic hydroxyl groups is 1. The average molecular weight is 226 g/mol. The van der Waals surface area contributed by atoms with Crippen LogP contribution in [0, 0.1) is 0 Å². The number of hydrogen-bond donors (Lipinski definition) is 2. The van der Waals surface area contributed by atoms with E-state index in [9.17, 15) is 9.90 Å². The molecule has 1 saturated carbocycles. The Bertz CT molecular complexity index is 251. The van der Waals surface area contributed by atoms with E-state index < -0.39 is 0 Å². The molecule has 16 heavy (non-hydrogen) atoms. The lowest BCUT2D eigenvalue weighted by molar-refractivity contribution is -0.132. The van der Waals surface area contributed by atoms with Crippen LogP contribution in [0.25, 0.3) is 0 Å². The predicted molar refractivity (Wildman–Crippen MR) is 62.1 cm³/mol. The zero-order chi connectivity index (χ0) is 11.5. The third-order valence-corrected chi connectivity index (χ3v) is 3.73. The molecular weight excluding hydrogens is 204 g/mol. The summed E-state index contributed by atoms with van der Waals surface area (Å²) in [5.74, 6) is 0.191. The standard InChI is InChI=1S/C12H22N2O2/c1-9(12(16)14-7-2-3-8-14)13-10-5-4-6-11(10)15/h9-11,13,15H,2-8H2,1H3. The van der Waals surface area contributed by atoms with Crippen LogP contribution in [-0.4, -0.2) is 47.2 Å². The molecule has 3 unspecified atom stereocenters. The largest absolute Gasteiger partial charge is 0.392 e. The van der Waals surface area contributed by atoms with Gasteiger partial charge in [0.2, 0.25) is 5.91 Å². The van der Waals surface area contributed by atoms with Gasteiger partial charge in [-0.2, -0.15) is 0 Å². The first-order chi connectivity index (χ1) is 7.68. The second-order valence-corrected chi connectivity index (χ2v) is 5.03. The second-order valence-electron chi connectivity index (χ2n) is 5.03. The van der Waals surface area contributed by atoms with E-state index >= 15 is 0 Å². The number of carbonyl (C=O) groups is 1. The monoisotopic (exact) mass is 226 g/mol. The van der Waals surface area contributed by atoms with Crippen molar-refractivity contribution in [2.24, 2.45) is 0 Å².